The highest BCUT2D eigenvalue weighted by Gasteiger charge is 2.28. The molecule has 0 radical (unpaired) electrons. The van der Waals surface area contributed by atoms with Crippen molar-refractivity contribution < 1.29 is 17.9 Å². The highest BCUT2D eigenvalue weighted by Crippen LogP contribution is 2.31. The molecular formula is C17H24N4O4S2. The Hall–Kier alpha value is -1.91. The molecule has 0 spiro atoms. The lowest BCUT2D eigenvalue weighted by Crippen LogP contribution is -2.42. The Morgan fingerprint density at radius 1 is 1.30 bits per heavy atom. The maximum Gasteiger partial charge on any atom is 0.410 e. The van der Waals surface area contributed by atoms with Crippen LogP contribution in [0.4, 0.5) is 4.79 Å². The van der Waals surface area contributed by atoms with Crippen molar-refractivity contribution in [2.24, 2.45) is 5.14 Å². The predicted molar refractivity (Wildman–Crippen MR) is 103 cm³/mol. The molecule has 0 unspecified atom stereocenters. The van der Waals surface area contributed by atoms with Gasteiger partial charge in [-0.1, -0.05) is 0 Å². The average molecular weight is 413 g/mol. The summed E-state index contributed by atoms with van der Waals surface area (Å²) in [5.41, 5.74) is 0.353. The first kappa shape index (κ1) is 19.8. The standard InChI is InChI=1S/C17H24N4O4S2/c1-17(2,3)25-16(22)20-8-6-13(7-9-20)21-11-12(10-19-21)14-4-5-15(26-14)27(18,23)24/h4-5,10-11,13H,6-9H2,1-3H3,(H2,18,23,24). The Bertz CT molecular complexity index is 919. The second-order valence-electron chi connectivity index (χ2n) is 7.57. The molecule has 3 heterocycles. The number of piperidine rings is 1. The van der Waals surface area contributed by atoms with Crippen LogP contribution < -0.4 is 5.14 Å². The number of amides is 1. The van der Waals surface area contributed by atoms with Gasteiger partial charge in [-0.25, -0.2) is 18.4 Å². The van der Waals surface area contributed by atoms with Gasteiger partial charge in [0, 0.05) is 29.7 Å². The number of rotatable bonds is 3. The first-order chi connectivity index (χ1) is 12.5. The van der Waals surface area contributed by atoms with Gasteiger partial charge in [-0.05, 0) is 45.7 Å². The average Bonchev–Trinajstić information content (AvgIpc) is 3.22. The van der Waals surface area contributed by atoms with Gasteiger partial charge in [0.1, 0.15) is 9.81 Å². The maximum absolute atomic E-state index is 12.2. The first-order valence-electron chi connectivity index (χ1n) is 8.68. The summed E-state index contributed by atoms with van der Waals surface area (Å²) in [5.74, 6) is 0. The van der Waals surface area contributed by atoms with Gasteiger partial charge >= 0.3 is 6.09 Å². The normalized spacial score (nSPS) is 16.5. The maximum atomic E-state index is 12.2. The number of ether oxygens (including phenoxy) is 1. The van der Waals surface area contributed by atoms with Crippen LogP contribution in [-0.4, -0.2) is 47.9 Å². The third kappa shape index (κ3) is 4.88. The van der Waals surface area contributed by atoms with Crippen molar-refractivity contribution in [3.63, 3.8) is 0 Å². The van der Waals surface area contributed by atoms with Gasteiger partial charge in [-0.15, -0.1) is 11.3 Å². The van der Waals surface area contributed by atoms with E-state index < -0.39 is 15.6 Å². The third-order valence-electron chi connectivity index (χ3n) is 4.24. The number of nitrogens with two attached hydrogens (primary N) is 1. The largest absolute Gasteiger partial charge is 0.444 e. The molecule has 3 rings (SSSR count). The zero-order valence-electron chi connectivity index (χ0n) is 15.6. The van der Waals surface area contributed by atoms with Crippen molar-refractivity contribution in [2.45, 2.75) is 49.5 Å². The van der Waals surface area contributed by atoms with Crippen molar-refractivity contribution in [1.82, 2.24) is 14.7 Å². The lowest BCUT2D eigenvalue weighted by Gasteiger charge is -2.33. The number of carbonyl (C=O) groups is 1. The fraction of sp³-hybridized carbons (Fsp3) is 0.529. The molecule has 2 aromatic rings. The molecule has 148 valence electrons. The number of nitrogens with zero attached hydrogens (tertiary/aromatic N) is 3. The lowest BCUT2D eigenvalue weighted by molar-refractivity contribution is 0.0185. The summed E-state index contributed by atoms with van der Waals surface area (Å²) >= 11 is 1.13. The number of carbonyl (C=O) groups excluding carboxylic acids is 1. The Labute approximate surface area is 163 Å². The topological polar surface area (TPSA) is 108 Å². The summed E-state index contributed by atoms with van der Waals surface area (Å²) in [5, 5.41) is 9.59. The first-order valence-corrected chi connectivity index (χ1v) is 11.0. The van der Waals surface area contributed by atoms with Crippen LogP contribution in [0, 0.1) is 0 Å². The van der Waals surface area contributed by atoms with E-state index in [4.69, 9.17) is 9.88 Å². The number of likely N-dealkylation sites (tertiary alicyclic amines) is 1. The summed E-state index contributed by atoms with van der Waals surface area (Å²) in [6.45, 7) is 6.80. The molecular weight excluding hydrogens is 388 g/mol. The van der Waals surface area contributed by atoms with E-state index >= 15 is 0 Å². The minimum absolute atomic E-state index is 0.135. The van der Waals surface area contributed by atoms with Crippen LogP contribution in [0.25, 0.3) is 10.4 Å². The predicted octanol–water partition coefficient (Wildman–Crippen LogP) is 2.83. The van der Waals surface area contributed by atoms with E-state index in [1.165, 1.54) is 6.07 Å². The van der Waals surface area contributed by atoms with Gasteiger partial charge in [0.05, 0.1) is 12.2 Å². The summed E-state index contributed by atoms with van der Waals surface area (Å²) < 4.78 is 30.3. The molecule has 1 aliphatic heterocycles. The van der Waals surface area contributed by atoms with E-state index in [9.17, 15) is 13.2 Å². The van der Waals surface area contributed by atoms with Crippen molar-refractivity contribution in [1.29, 1.82) is 0 Å². The van der Waals surface area contributed by atoms with Crippen LogP contribution in [0.15, 0.2) is 28.7 Å². The van der Waals surface area contributed by atoms with Crippen molar-refractivity contribution in [2.75, 3.05) is 13.1 Å². The van der Waals surface area contributed by atoms with E-state index in [2.05, 4.69) is 5.10 Å². The molecule has 27 heavy (non-hydrogen) atoms. The smallest absolute Gasteiger partial charge is 0.410 e. The number of hydrogen-bond donors (Lipinski definition) is 1. The van der Waals surface area contributed by atoms with E-state index in [0.29, 0.717) is 13.1 Å². The van der Waals surface area contributed by atoms with Crippen LogP contribution in [0.1, 0.15) is 39.7 Å². The minimum atomic E-state index is -3.69. The van der Waals surface area contributed by atoms with Crippen LogP contribution in [-0.2, 0) is 14.8 Å². The van der Waals surface area contributed by atoms with E-state index in [1.807, 2.05) is 31.6 Å². The Morgan fingerprint density at radius 3 is 2.52 bits per heavy atom. The fourth-order valence-electron chi connectivity index (χ4n) is 2.93. The quantitative estimate of drug-likeness (QED) is 0.834. The molecule has 0 aliphatic carbocycles. The summed E-state index contributed by atoms with van der Waals surface area (Å²) in [7, 11) is -3.69. The van der Waals surface area contributed by atoms with Crippen LogP contribution in [0.3, 0.4) is 0 Å². The molecule has 0 aromatic carbocycles. The van der Waals surface area contributed by atoms with E-state index in [-0.39, 0.29) is 16.3 Å². The molecule has 10 heteroatoms. The van der Waals surface area contributed by atoms with Gasteiger partial charge in [0.2, 0.25) is 10.0 Å². The SMILES string of the molecule is CC(C)(C)OC(=O)N1CCC(n2cc(-c3ccc(S(N)(=O)=O)s3)cn2)CC1. The number of thiophene rings is 1. The molecule has 8 nitrogen and oxygen atoms in total. The zero-order valence-corrected chi connectivity index (χ0v) is 17.2. The second kappa shape index (κ2) is 7.25. The van der Waals surface area contributed by atoms with Crippen molar-refractivity contribution in [3.8, 4) is 10.4 Å². The Kier molecular flexibility index (Phi) is 5.33. The van der Waals surface area contributed by atoms with Crippen LogP contribution in [0.5, 0.6) is 0 Å². The third-order valence-corrected chi connectivity index (χ3v) is 6.81. The molecule has 0 bridgehead atoms. The van der Waals surface area contributed by atoms with Gasteiger partial charge in [-0.2, -0.15) is 5.10 Å². The summed E-state index contributed by atoms with van der Waals surface area (Å²) in [6, 6.07) is 3.43. The molecule has 1 aliphatic rings. The van der Waals surface area contributed by atoms with Gasteiger partial charge in [0.25, 0.3) is 0 Å². The van der Waals surface area contributed by atoms with Crippen LogP contribution >= 0.6 is 11.3 Å². The number of sulfonamides is 1. The van der Waals surface area contributed by atoms with Crippen molar-refractivity contribution in [3.05, 3.63) is 24.5 Å². The highest BCUT2D eigenvalue weighted by atomic mass is 32.2. The second-order valence-corrected chi connectivity index (χ2v) is 10.4. The molecule has 1 fully saturated rings. The van der Waals surface area contributed by atoms with Gasteiger partial charge < -0.3 is 9.64 Å². The Morgan fingerprint density at radius 2 is 1.96 bits per heavy atom. The summed E-state index contributed by atoms with van der Waals surface area (Å²) in [4.78, 5) is 14.7. The lowest BCUT2D eigenvalue weighted by atomic mass is 10.1. The fourth-order valence-corrected chi connectivity index (χ4v) is 4.64. The molecule has 2 N–H and O–H groups in total. The molecule has 1 saturated heterocycles. The van der Waals surface area contributed by atoms with Crippen LogP contribution in [0.2, 0.25) is 0 Å². The molecule has 2 aromatic heterocycles. The van der Waals surface area contributed by atoms with Gasteiger partial charge in [-0.3, -0.25) is 4.68 Å². The van der Waals surface area contributed by atoms with E-state index in [1.54, 1.807) is 17.2 Å². The zero-order chi connectivity index (χ0) is 19.8. The van der Waals surface area contributed by atoms with Crippen molar-refractivity contribution >= 4 is 27.5 Å². The summed E-state index contributed by atoms with van der Waals surface area (Å²) in [6.07, 6.45) is 4.92. The highest BCUT2D eigenvalue weighted by molar-refractivity contribution is 7.91. The number of primary sulfonamides is 1. The van der Waals surface area contributed by atoms with Gasteiger partial charge in [0.15, 0.2) is 0 Å². The monoisotopic (exact) mass is 412 g/mol. The molecule has 0 atom stereocenters. The van der Waals surface area contributed by atoms with E-state index in [0.717, 1.165) is 34.6 Å². The number of aromatic nitrogens is 2. The Balaban J connectivity index is 1.63. The molecule has 0 saturated carbocycles. The number of hydrogen-bond acceptors (Lipinski definition) is 6. The molecule has 1 amide bonds. The minimum Gasteiger partial charge on any atom is -0.444 e.